The summed E-state index contributed by atoms with van der Waals surface area (Å²) >= 11 is 0. The predicted octanol–water partition coefficient (Wildman–Crippen LogP) is 3.06. The lowest BCUT2D eigenvalue weighted by atomic mass is 9.85. The average molecular weight is 261 g/mol. The molecule has 1 aliphatic carbocycles. The molecule has 1 aromatic carbocycles. The second kappa shape index (κ2) is 5.33. The van der Waals surface area contributed by atoms with Crippen LogP contribution in [-0.2, 0) is 0 Å². The Hall–Kier alpha value is -1.35. The molecule has 19 heavy (non-hydrogen) atoms. The van der Waals surface area contributed by atoms with Crippen LogP contribution in [0.2, 0.25) is 0 Å². The third-order valence-corrected chi connectivity index (χ3v) is 4.31. The molecule has 0 radical (unpaired) electrons. The highest BCUT2D eigenvalue weighted by atomic mass is 16.5. The van der Waals surface area contributed by atoms with E-state index in [0.717, 1.165) is 36.8 Å². The van der Waals surface area contributed by atoms with E-state index in [2.05, 4.69) is 4.90 Å². The van der Waals surface area contributed by atoms with Gasteiger partial charge >= 0.3 is 0 Å². The first-order valence-electron chi connectivity index (χ1n) is 6.88. The molecule has 1 fully saturated rings. The van der Waals surface area contributed by atoms with Gasteiger partial charge in [-0.2, -0.15) is 0 Å². The number of benzene rings is 1. The molecule has 0 N–H and O–H groups in total. The molecule has 3 nitrogen and oxygen atoms in total. The van der Waals surface area contributed by atoms with Crippen molar-refractivity contribution in [1.82, 2.24) is 4.90 Å². The largest absolute Gasteiger partial charge is 0.496 e. The third kappa shape index (κ3) is 2.39. The number of rotatable bonds is 4. The van der Waals surface area contributed by atoms with Gasteiger partial charge in [0, 0.05) is 0 Å². The highest BCUT2D eigenvalue weighted by molar-refractivity contribution is 6.05. The van der Waals surface area contributed by atoms with Gasteiger partial charge < -0.3 is 4.74 Å². The highest BCUT2D eigenvalue weighted by Gasteiger charge is 2.44. The summed E-state index contributed by atoms with van der Waals surface area (Å²) in [7, 11) is 5.63. The smallest absolute Gasteiger partial charge is 0.186 e. The first kappa shape index (κ1) is 14.1. The number of hydrogen-bond donors (Lipinski definition) is 0. The summed E-state index contributed by atoms with van der Waals surface area (Å²) in [6.45, 7) is 2.01. The Morgan fingerprint density at radius 1 is 1.26 bits per heavy atom. The molecular formula is C16H23NO2. The summed E-state index contributed by atoms with van der Waals surface area (Å²) in [6.07, 6.45) is 4.13. The molecule has 1 aliphatic rings. The maximum absolute atomic E-state index is 13.0. The molecule has 0 amide bonds. The molecule has 0 heterocycles. The minimum atomic E-state index is -0.346. The molecule has 0 bridgehead atoms. The lowest BCUT2D eigenvalue weighted by molar-refractivity contribution is 0.0690. The quantitative estimate of drug-likeness (QED) is 0.780. The Labute approximate surface area is 115 Å². The van der Waals surface area contributed by atoms with E-state index in [1.807, 2.05) is 39.2 Å². The molecule has 0 saturated heterocycles. The van der Waals surface area contributed by atoms with Crippen LogP contribution in [0.4, 0.5) is 0 Å². The average Bonchev–Trinajstić information content (AvgIpc) is 2.88. The summed E-state index contributed by atoms with van der Waals surface area (Å²) in [6, 6.07) is 5.82. The molecule has 1 aromatic rings. The van der Waals surface area contributed by atoms with Crippen molar-refractivity contribution in [3.8, 4) is 5.75 Å². The van der Waals surface area contributed by atoms with Crippen LogP contribution < -0.4 is 4.74 Å². The zero-order valence-corrected chi connectivity index (χ0v) is 12.3. The van der Waals surface area contributed by atoms with Gasteiger partial charge in [0.25, 0.3) is 0 Å². The van der Waals surface area contributed by atoms with Crippen LogP contribution in [0.25, 0.3) is 0 Å². The number of carbonyl (C=O) groups excluding carboxylic acids is 1. The number of ether oxygens (including phenoxy) is 1. The van der Waals surface area contributed by atoms with Crippen LogP contribution in [0.3, 0.4) is 0 Å². The monoisotopic (exact) mass is 261 g/mol. The maximum atomic E-state index is 13.0. The van der Waals surface area contributed by atoms with E-state index in [0.29, 0.717) is 5.75 Å². The molecule has 0 aromatic heterocycles. The van der Waals surface area contributed by atoms with Gasteiger partial charge in [-0.05, 0) is 46.0 Å². The van der Waals surface area contributed by atoms with Crippen molar-refractivity contribution in [2.24, 2.45) is 0 Å². The van der Waals surface area contributed by atoms with Crippen molar-refractivity contribution < 1.29 is 9.53 Å². The van der Waals surface area contributed by atoms with E-state index in [1.165, 1.54) is 0 Å². The summed E-state index contributed by atoms with van der Waals surface area (Å²) in [5.41, 5.74) is 1.47. The van der Waals surface area contributed by atoms with E-state index < -0.39 is 0 Å². The normalized spacial score (nSPS) is 17.7. The second-order valence-corrected chi connectivity index (χ2v) is 5.67. The van der Waals surface area contributed by atoms with Gasteiger partial charge in [-0.1, -0.05) is 24.5 Å². The number of nitrogens with zero attached hydrogens (tertiary/aromatic N) is 1. The van der Waals surface area contributed by atoms with Crippen LogP contribution in [0, 0.1) is 6.92 Å². The molecular weight excluding hydrogens is 238 g/mol. The summed E-state index contributed by atoms with van der Waals surface area (Å²) in [5.74, 6) is 0.888. The number of hydrogen-bond acceptors (Lipinski definition) is 3. The second-order valence-electron chi connectivity index (χ2n) is 5.67. The summed E-state index contributed by atoms with van der Waals surface area (Å²) in [4.78, 5) is 15.1. The Bertz CT molecular complexity index is 474. The van der Waals surface area contributed by atoms with E-state index in [-0.39, 0.29) is 11.3 Å². The van der Waals surface area contributed by atoms with Gasteiger partial charge in [0.2, 0.25) is 0 Å². The molecule has 0 unspecified atom stereocenters. The lowest BCUT2D eigenvalue weighted by Crippen LogP contribution is -2.49. The summed E-state index contributed by atoms with van der Waals surface area (Å²) in [5, 5.41) is 0. The van der Waals surface area contributed by atoms with Gasteiger partial charge in [0.05, 0.1) is 18.2 Å². The maximum Gasteiger partial charge on any atom is 0.186 e. The van der Waals surface area contributed by atoms with Crippen molar-refractivity contribution in [3.05, 3.63) is 29.3 Å². The standard InChI is InChI=1S/C16H23NO2/c1-12-7-8-14(19-4)13(11-12)15(18)16(17(2)3)9-5-6-10-16/h7-8,11H,5-6,9-10H2,1-4H3. The predicted molar refractivity (Wildman–Crippen MR) is 76.9 cm³/mol. The van der Waals surface area contributed by atoms with Crippen LogP contribution in [0.15, 0.2) is 18.2 Å². The zero-order valence-electron chi connectivity index (χ0n) is 12.3. The van der Waals surface area contributed by atoms with Crippen LogP contribution >= 0.6 is 0 Å². The fourth-order valence-electron chi connectivity index (χ4n) is 3.09. The first-order chi connectivity index (χ1) is 9.01. The highest BCUT2D eigenvalue weighted by Crippen LogP contribution is 2.38. The van der Waals surface area contributed by atoms with Gasteiger partial charge in [0.15, 0.2) is 5.78 Å². The fraction of sp³-hybridized carbons (Fsp3) is 0.562. The molecule has 0 spiro atoms. The number of ketones is 1. The van der Waals surface area contributed by atoms with E-state index >= 15 is 0 Å². The first-order valence-corrected chi connectivity index (χ1v) is 6.88. The Morgan fingerprint density at radius 2 is 1.89 bits per heavy atom. The van der Waals surface area contributed by atoms with Crippen LogP contribution in [0.1, 0.15) is 41.6 Å². The SMILES string of the molecule is COc1ccc(C)cc1C(=O)C1(N(C)C)CCCC1. The van der Waals surface area contributed by atoms with Crippen molar-refractivity contribution in [2.45, 2.75) is 38.1 Å². The van der Waals surface area contributed by atoms with E-state index in [1.54, 1.807) is 7.11 Å². The van der Waals surface area contributed by atoms with E-state index in [9.17, 15) is 4.79 Å². The topological polar surface area (TPSA) is 29.5 Å². The zero-order chi connectivity index (χ0) is 14.0. The fourth-order valence-corrected chi connectivity index (χ4v) is 3.09. The van der Waals surface area contributed by atoms with Gasteiger partial charge in [-0.15, -0.1) is 0 Å². The number of aryl methyl sites for hydroxylation is 1. The third-order valence-electron chi connectivity index (χ3n) is 4.31. The van der Waals surface area contributed by atoms with Crippen molar-refractivity contribution in [1.29, 1.82) is 0 Å². The summed E-state index contributed by atoms with van der Waals surface area (Å²) < 4.78 is 5.37. The molecule has 3 heteroatoms. The number of Topliss-reactive ketones (excluding diaryl/α,β-unsaturated/α-hetero) is 1. The Morgan fingerprint density at radius 3 is 2.42 bits per heavy atom. The minimum absolute atomic E-state index is 0.204. The van der Waals surface area contributed by atoms with Gasteiger partial charge in [-0.3, -0.25) is 9.69 Å². The van der Waals surface area contributed by atoms with Crippen molar-refractivity contribution >= 4 is 5.78 Å². The van der Waals surface area contributed by atoms with Crippen LogP contribution in [-0.4, -0.2) is 37.4 Å². The van der Waals surface area contributed by atoms with Crippen LogP contribution in [0.5, 0.6) is 5.75 Å². The van der Waals surface area contributed by atoms with Crippen molar-refractivity contribution in [2.75, 3.05) is 21.2 Å². The van der Waals surface area contributed by atoms with Gasteiger partial charge in [0.1, 0.15) is 5.75 Å². The molecule has 104 valence electrons. The Kier molecular flexibility index (Phi) is 3.95. The molecule has 0 aliphatic heterocycles. The molecule has 2 rings (SSSR count). The number of likely N-dealkylation sites (N-methyl/N-ethyl adjacent to an activating group) is 1. The molecule has 0 atom stereocenters. The number of carbonyl (C=O) groups is 1. The van der Waals surface area contributed by atoms with Crippen molar-refractivity contribution in [3.63, 3.8) is 0 Å². The minimum Gasteiger partial charge on any atom is -0.496 e. The molecule has 1 saturated carbocycles. The van der Waals surface area contributed by atoms with E-state index in [4.69, 9.17) is 4.74 Å². The number of methoxy groups -OCH3 is 1. The Balaban J connectivity index is 2.45. The lowest BCUT2D eigenvalue weighted by Gasteiger charge is -2.35. The van der Waals surface area contributed by atoms with Gasteiger partial charge in [-0.25, -0.2) is 0 Å².